The second-order valence-electron chi connectivity index (χ2n) is 3.67. The van der Waals surface area contributed by atoms with Gasteiger partial charge in [-0.15, -0.1) is 11.8 Å². The summed E-state index contributed by atoms with van der Waals surface area (Å²) < 4.78 is 5.24. The number of nitriles is 1. The minimum Gasteiger partial charge on any atom is -0.478 e. The molecule has 1 aromatic carbocycles. The third-order valence-electron chi connectivity index (χ3n) is 2.59. The Morgan fingerprint density at radius 2 is 2.28 bits per heavy atom. The van der Waals surface area contributed by atoms with Crippen LogP contribution in [0.4, 0.5) is 0 Å². The lowest BCUT2D eigenvalue weighted by Crippen LogP contribution is -2.24. The molecule has 2 rings (SSSR count). The van der Waals surface area contributed by atoms with Gasteiger partial charge in [-0.2, -0.15) is 5.26 Å². The van der Waals surface area contributed by atoms with E-state index in [2.05, 4.69) is 5.32 Å². The molecule has 1 heterocycles. The first kappa shape index (κ1) is 12.5. The first-order valence-corrected chi connectivity index (χ1v) is 6.69. The zero-order chi connectivity index (χ0) is 13.0. The van der Waals surface area contributed by atoms with Crippen molar-refractivity contribution in [2.24, 2.45) is 0 Å². The van der Waals surface area contributed by atoms with Crippen LogP contribution < -0.4 is 5.32 Å². The van der Waals surface area contributed by atoms with E-state index in [4.69, 9.17) is 10.00 Å². The standard InChI is InChI=1S/C13H12N2O2S/c1-18-11-5-3-2-4-10(11)12(16)15-13-9(8-14)6-7-17-13/h2-5H,6-7H2,1H3,(H,15,16). The number of carbonyl (C=O) groups excluding carboxylic acids is 1. The van der Waals surface area contributed by atoms with Crippen molar-refractivity contribution in [3.05, 3.63) is 41.3 Å². The largest absolute Gasteiger partial charge is 0.478 e. The number of thioether (sulfide) groups is 1. The SMILES string of the molecule is CSc1ccccc1C(=O)NC1=C(C#N)CCO1. The summed E-state index contributed by atoms with van der Waals surface area (Å²) in [4.78, 5) is 13.0. The van der Waals surface area contributed by atoms with Crippen LogP contribution in [0.25, 0.3) is 0 Å². The number of hydrogen-bond donors (Lipinski definition) is 1. The fraction of sp³-hybridized carbons (Fsp3) is 0.231. The fourth-order valence-corrected chi connectivity index (χ4v) is 2.27. The number of rotatable bonds is 3. The van der Waals surface area contributed by atoms with Crippen LogP contribution in [0, 0.1) is 11.3 Å². The van der Waals surface area contributed by atoms with Crippen LogP contribution in [0.1, 0.15) is 16.8 Å². The van der Waals surface area contributed by atoms with Gasteiger partial charge in [-0.3, -0.25) is 10.1 Å². The average Bonchev–Trinajstić information content (AvgIpc) is 2.85. The van der Waals surface area contributed by atoms with Crippen LogP contribution in [0.5, 0.6) is 0 Å². The van der Waals surface area contributed by atoms with Crippen molar-refractivity contribution < 1.29 is 9.53 Å². The highest BCUT2D eigenvalue weighted by Gasteiger charge is 2.19. The van der Waals surface area contributed by atoms with E-state index < -0.39 is 0 Å². The highest BCUT2D eigenvalue weighted by atomic mass is 32.2. The summed E-state index contributed by atoms with van der Waals surface area (Å²) in [6.45, 7) is 0.447. The Bertz CT molecular complexity index is 546. The molecule has 0 fully saturated rings. The van der Waals surface area contributed by atoms with Gasteiger partial charge < -0.3 is 4.74 Å². The molecule has 0 aromatic heterocycles. The van der Waals surface area contributed by atoms with Gasteiger partial charge in [-0.1, -0.05) is 12.1 Å². The van der Waals surface area contributed by atoms with Crippen LogP contribution in [0.3, 0.4) is 0 Å². The molecule has 0 bridgehead atoms. The van der Waals surface area contributed by atoms with E-state index in [-0.39, 0.29) is 5.91 Å². The molecular formula is C13H12N2O2S. The van der Waals surface area contributed by atoms with E-state index >= 15 is 0 Å². The Morgan fingerprint density at radius 3 is 3.00 bits per heavy atom. The highest BCUT2D eigenvalue weighted by Crippen LogP contribution is 2.21. The number of benzene rings is 1. The molecule has 1 aliphatic heterocycles. The Labute approximate surface area is 110 Å². The van der Waals surface area contributed by atoms with Crippen molar-refractivity contribution in [1.82, 2.24) is 5.32 Å². The summed E-state index contributed by atoms with van der Waals surface area (Å²) in [6, 6.07) is 9.36. The second-order valence-corrected chi connectivity index (χ2v) is 4.52. The molecule has 1 aromatic rings. The summed E-state index contributed by atoms with van der Waals surface area (Å²) in [6.07, 6.45) is 2.47. The fourth-order valence-electron chi connectivity index (χ4n) is 1.68. The molecule has 5 heteroatoms. The maximum Gasteiger partial charge on any atom is 0.259 e. The Kier molecular flexibility index (Phi) is 3.90. The number of ether oxygens (including phenoxy) is 1. The van der Waals surface area contributed by atoms with E-state index in [0.717, 1.165) is 4.90 Å². The predicted molar refractivity (Wildman–Crippen MR) is 68.9 cm³/mol. The summed E-state index contributed by atoms with van der Waals surface area (Å²) in [5.41, 5.74) is 1.08. The number of nitrogens with zero attached hydrogens (tertiary/aromatic N) is 1. The van der Waals surface area contributed by atoms with Crippen molar-refractivity contribution >= 4 is 17.7 Å². The molecule has 0 saturated heterocycles. The zero-order valence-electron chi connectivity index (χ0n) is 9.90. The molecule has 4 nitrogen and oxygen atoms in total. The van der Waals surface area contributed by atoms with Gasteiger partial charge in [0.05, 0.1) is 17.7 Å². The normalized spacial score (nSPS) is 14.0. The molecule has 18 heavy (non-hydrogen) atoms. The Morgan fingerprint density at radius 1 is 1.50 bits per heavy atom. The molecule has 1 N–H and O–H groups in total. The van der Waals surface area contributed by atoms with Gasteiger partial charge in [0.1, 0.15) is 6.07 Å². The summed E-state index contributed by atoms with van der Waals surface area (Å²) in [7, 11) is 0. The molecule has 0 spiro atoms. The van der Waals surface area contributed by atoms with E-state index in [0.29, 0.717) is 30.0 Å². The van der Waals surface area contributed by atoms with Gasteiger partial charge in [-0.25, -0.2) is 0 Å². The molecule has 1 aliphatic rings. The van der Waals surface area contributed by atoms with Crippen LogP contribution in [0.15, 0.2) is 40.6 Å². The van der Waals surface area contributed by atoms with Gasteiger partial charge in [-0.05, 0) is 18.4 Å². The lowest BCUT2D eigenvalue weighted by Gasteiger charge is -2.09. The third kappa shape index (κ3) is 2.49. The predicted octanol–water partition coefficient (Wildman–Crippen LogP) is 2.29. The van der Waals surface area contributed by atoms with E-state index in [1.807, 2.05) is 30.5 Å². The quantitative estimate of drug-likeness (QED) is 0.847. The number of carbonyl (C=O) groups is 1. The van der Waals surface area contributed by atoms with Gasteiger partial charge in [0, 0.05) is 11.3 Å². The van der Waals surface area contributed by atoms with Crippen molar-refractivity contribution in [3.8, 4) is 6.07 Å². The van der Waals surface area contributed by atoms with Crippen LogP contribution in [-0.2, 0) is 4.74 Å². The third-order valence-corrected chi connectivity index (χ3v) is 3.38. The zero-order valence-corrected chi connectivity index (χ0v) is 10.7. The lowest BCUT2D eigenvalue weighted by atomic mass is 10.2. The van der Waals surface area contributed by atoms with Crippen molar-refractivity contribution in [1.29, 1.82) is 5.26 Å². The van der Waals surface area contributed by atoms with Crippen molar-refractivity contribution in [2.75, 3.05) is 12.9 Å². The van der Waals surface area contributed by atoms with Gasteiger partial charge in [0.25, 0.3) is 5.91 Å². The minimum atomic E-state index is -0.246. The molecule has 0 unspecified atom stereocenters. The molecule has 0 aliphatic carbocycles. The molecular weight excluding hydrogens is 248 g/mol. The van der Waals surface area contributed by atoms with E-state index in [1.54, 1.807) is 6.07 Å². The van der Waals surface area contributed by atoms with Crippen molar-refractivity contribution in [2.45, 2.75) is 11.3 Å². The van der Waals surface area contributed by atoms with E-state index in [1.165, 1.54) is 11.8 Å². The van der Waals surface area contributed by atoms with Gasteiger partial charge >= 0.3 is 0 Å². The van der Waals surface area contributed by atoms with Crippen molar-refractivity contribution in [3.63, 3.8) is 0 Å². The maximum atomic E-state index is 12.1. The summed E-state index contributed by atoms with van der Waals surface area (Å²) in [5, 5.41) is 11.5. The second kappa shape index (κ2) is 5.61. The minimum absolute atomic E-state index is 0.246. The van der Waals surface area contributed by atoms with Crippen LogP contribution in [0.2, 0.25) is 0 Å². The first-order chi connectivity index (χ1) is 8.76. The highest BCUT2D eigenvalue weighted by molar-refractivity contribution is 7.98. The Balaban J connectivity index is 2.21. The molecule has 1 amide bonds. The first-order valence-electron chi connectivity index (χ1n) is 5.46. The van der Waals surface area contributed by atoms with Gasteiger partial charge in [0.15, 0.2) is 0 Å². The molecule has 0 atom stereocenters. The topological polar surface area (TPSA) is 62.1 Å². The van der Waals surface area contributed by atoms with Crippen LogP contribution in [-0.4, -0.2) is 18.8 Å². The molecule has 92 valence electrons. The lowest BCUT2D eigenvalue weighted by molar-refractivity contribution is 0.0927. The monoisotopic (exact) mass is 260 g/mol. The van der Waals surface area contributed by atoms with Crippen LogP contribution >= 0.6 is 11.8 Å². The average molecular weight is 260 g/mol. The summed E-state index contributed by atoms with van der Waals surface area (Å²) >= 11 is 1.51. The number of amides is 1. The maximum absolute atomic E-state index is 12.1. The summed E-state index contributed by atoms with van der Waals surface area (Å²) in [5.74, 6) is 0.0445. The Hall–Kier alpha value is -1.93. The molecule has 0 radical (unpaired) electrons. The van der Waals surface area contributed by atoms with E-state index in [9.17, 15) is 4.79 Å². The van der Waals surface area contributed by atoms with Gasteiger partial charge in [0.2, 0.25) is 5.88 Å². The number of nitrogens with one attached hydrogen (secondary N) is 1. The smallest absolute Gasteiger partial charge is 0.259 e. The molecule has 0 saturated carbocycles. The number of hydrogen-bond acceptors (Lipinski definition) is 4.